The summed E-state index contributed by atoms with van der Waals surface area (Å²) in [6, 6.07) is 14.3. The maximum absolute atomic E-state index is 12.9. The Morgan fingerprint density at radius 2 is 1.54 bits per heavy atom. The third-order valence-corrected chi connectivity index (χ3v) is 4.39. The molecule has 1 N–H and O–H groups in total. The molecule has 0 aliphatic carbocycles. The van der Waals surface area contributed by atoms with Gasteiger partial charge in [-0.25, -0.2) is 9.59 Å². The van der Waals surface area contributed by atoms with Crippen LogP contribution >= 0.6 is 0 Å². The lowest BCUT2D eigenvalue weighted by atomic mass is 9.97. The van der Waals surface area contributed by atoms with Gasteiger partial charge in [-0.1, -0.05) is 56.3 Å². The van der Waals surface area contributed by atoms with E-state index in [1.165, 1.54) is 17.4 Å². The number of aliphatic carboxylic acids is 1. The van der Waals surface area contributed by atoms with Gasteiger partial charge in [-0.15, -0.1) is 0 Å². The highest BCUT2D eigenvalue weighted by Crippen LogP contribution is 2.33. The van der Waals surface area contributed by atoms with Crippen LogP contribution in [-0.2, 0) is 9.53 Å². The minimum atomic E-state index is -1.10. The Hall–Kier alpha value is -2.82. The van der Waals surface area contributed by atoms with Crippen LogP contribution in [0.25, 0.3) is 11.1 Å². The van der Waals surface area contributed by atoms with Crippen molar-refractivity contribution in [2.75, 3.05) is 4.90 Å². The van der Waals surface area contributed by atoms with E-state index in [0.717, 1.165) is 11.1 Å². The lowest BCUT2D eigenvalue weighted by Gasteiger charge is -2.31. The largest absolute Gasteiger partial charge is 0.480 e. The lowest BCUT2D eigenvalue weighted by molar-refractivity contribution is -0.138. The summed E-state index contributed by atoms with van der Waals surface area (Å²) in [5.41, 5.74) is 2.66. The maximum Gasteiger partial charge on any atom is 0.415 e. The van der Waals surface area contributed by atoms with Gasteiger partial charge in [0.1, 0.15) is 11.6 Å². The van der Waals surface area contributed by atoms with Crippen LogP contribution in [0, 0.1) is 0 Å². The molecule has 0 aromatic heterocycles. The Kier molecular flexibility index (Phi) is 6.49. The Balaban J connectivity index is 2.55. The summed E-state index contributed by atoms with van der Waals surface area (Å²) < 4.78 is 5.49. The van der Waals surface area contributed by atoms with E-state index in [9.17, 15) is 14.7 Å². The Morgan fingerprint density at radius 3 is 2.04 bits per heavy atom. The van der Waals surface area contributed by atoms with Crippen molar-refractivity contribution in [2.45, 2.75) is 59.1 Å². The van der Waals surface area contributed by atoms with Crippen LogP contribution in [-0.4, -0.2) is 28.8 Å². The zero-order valence-corrected chi connectivity index (χ0v) is 17.4. The van der Waals surface area contributed by atoms with Crippen LogP contribution in [0.1, 0.15) is 53.0 Å². The Morgan fingerprint density at radius 1 is 0.964 bits per heavy atom. The van der Waals surface area contributed by atoms with Crippen LogP contribution < -0.4 is 4.90 Å². The van der Waals surface area contributed by atoms with Gasteiger partial charge in [-0.05, 0) is 50.8 Å². The van der Waals surface area contributed by atoms with Gasteiger partial charge >= 0.3 is 12.1 Å². The summed E-state index contributed by atoms with van der Waals surface area (Å²) in [5.74, 6) is -0.689. The number of carboxylic acids is 1. The van der Waals surface area contributed by atoms with Crippen LogP contribution in [0.3, 0.4) is 0 Å². The van der Waals surface area contributed by atoms with E-state index in [-0.39, 0.29) is 0 Å². The molecular weight excluding hydrogens is 354 g/mol. The van der Waals surface area contributed by atoms with Crippen LogP contribution in [0.2, 0.25) is 0 Å². The SMILES string of the molecule is CC(C)c1ccc(-c2ccccc2N(C(=O)OC(C)(C)C)[C@@H](C)C(=O)O)cc1. The van der Waals surface area contributed by atoms with Gasteiger partial charge in [0, 0.05) is 5.56 Å². The number of amides is 1. The molecule has 5 heteroatoms. The molecule has 1 atom stereocenters. The Labute approximate surface area is 166 Å². The van der Waals surface area contributed by atoms with Gasteiger partial charge in [-0.3, -0.25) is 4.90 Å². The molecule has 2 aromatic carbocycles. The topological polar surface area (TPSA) is 66.8 Å². The second-order valence-electron chi connectivity index (χ2n) is 8.16. The van der Waals surface area contributed by atoms with Gasteiger partial charge in [-0.2, -0.15) is 0 Å². The summed E-state index contributed by atoms with van der Waals surface area (Å²) in [6.07, 6.45) is -0.686. The second kappa shape index (κ2) is 8.46. The van der Waals surface area contributed by atoms with Crippen molar-refractivity contribution in [3.8, 4) is 11.1 Å². The molecule has 1 amide bonds. The van der Waals surface area contributed by atoms with E-state index in [1.54, 1.807) is 32.9 Å². The number of anilines is 1. The average Bonchev–Trinajstić information content (AvgIpc) is 2.60. The maximum atomic E-state index is 12.9. The van der Waals surface area contributed by atoms with E-state index in [4.69, 9.17) is 4.74 Å². The predicted molar refractivity (Wildman–Crippen MR) is 112 cm³/mol. The molecule has 0 unspecified atom stereocenters. The van der Waals surface area contributed by atoms with Gasteiger partial charge in [0.05, 0.1) is 5.69 Å². The van der Waals surface area contributed by atoms with Crippen LogP contribution in [0.5, 0.6) is 0 Å². The number of benzene rings is 2. The molecule has 0 aliphatic rings. The highest BCUT2D eigenvalue weighted by molar-refractivity contribution is 5.99. The number of carbonyl (C=O) groups is 2. The normalized spacial score (nSPS) is 12.5. The molecule has 0 heterocycles. The zero-order chi connectivity index (χ0) is 21.1. The summed E-state index contributed by atoms with van der Waals surface area (Å²) in [5, 5.41) is 9.57. The molecule has 5 nitrogen and oxygen atoms in total. The van der Waals surface area contributed by atoms with Gasteiger partial charge in [0.25, 0.3) is 0 Å². The second-order valence-corrected chi connectivity index (χ2v) is 8.16. The van der Waals surface area contributed by atoms with Crippen LogP contribution in [0.15, 0.2) is 48.5 Å². The van der Waals surface area contributed by atoms with Crippen LogP contribution in [0.4, 0.5) is 10.5 Å². The van der Waals surface area contributed by atoms with Gasteiger partial charge in [0.2, 0.25) is 0 Å². The van der Waals surface area contributed by atoms with E-state index in [0.29, 0.717) is 11.6 Å². The highest BCUT2D eigenvalue weighted by atomic mass is 16.6. The van der Waals surface area contributed by atoms with Crippen molar-refractivity contribution in [1.29, 1.82) is 0 Å². The number of rotatable bonds is 5. The van der Waals surface area contributed by atoms with E-state index >= 15 is 0 Å². The molecule has 150 valence electrons. The minimum absolute atomic E-state index is 0.412. The van der Waals surface area contributed by atoms with Gasteiger partial charge in [0.15, 0.2) is 0 Å². The molecular formula is C23H29NO4. The third kappa shape index (κ3) is 5.12. The molecule has 0 radical (unpaired) electrons. The minimum Gasteiger partial charge on any atom is -0.480 e. The molecule has 0 fully saturated rings. The fourth-order valence-corrected chi connectivity index (χ4v) is 2.86. The average molecular weight is 383 g/mol. The van der Waals surface area contributed by atoms with E-state index in [2.05, 4.69) is 26.0 Å². The van der Waals surface area contributed by atoms with E-state index < -0.39 is 23.7 Å². The lowest BCUT2D eigenvalue weighted by Crippen LogP contribution is -2.46. The molecule has 0 saturated carbocycles. The summed E-state index contributed by atoms with van der Waals surface area (Å²) in [6.45, 7) is 11.0. The number of carbonyl (C=O) groups excluding carboxylic acids is 1. The van der Waals surface area contributed by atoms with Gasteiger partial charge < -0.3 is 9.84 Å². The molecule has 0 bridgehead atoms. The summed E-state index contributed by atoms with van der Waals surface area (Å²) in [4.78, 5) is 25.8. The number of hydrogen-bond donors (Lipinski definition) is 1. The van der Waals surface area contributed by atoms with Crippen molar-refractivity contribution < 1.29 is 19.4 Å². The molecule has 0 spiro atoms. The van der Waals surface area contributed by atoms with Crippen molar-refractivity contribution in [1.82, 2.24) is 0 Å². The fourth-order valence-electron chi connectivity index (χ4n) is 2.86. The molecule has 0 saturated heterocycles. The first kappa shape index (κ1) is 21.5. The molecule has 2 aromatic rings. The van der Waals surface area contributed by atoms with Crippen molar-refractivity contribution in [3.63, 3.8) is 0 Å². The quantitative estimate of drug-likeness (QED) is 0.720. The molecule has 28 heavy (non-hydrogen) atoms. The standard InChI is InChI=1S/C23H29NO4/c1-15(2)17-11-13-18(14-12-17)19-9-7-8-10-20(19)24(16(3)21(25)26)22(27)28-23(4,5)6/h7-16H,1-6H3,(H,25,26)/t16-/m0/s1. The van der Waals surface area contributed by atoms with E-state index in [1.807, 2.05) is 24.3 Å². The molecule has 0 aliphatic heterocycles. The number of ether oxygens (including phenoxy) is 1. The predicted octanol–water partition coefficient (Wildman–Crippen LogP) is 5.69. The number of nitrogens with zero attached hydrogens (tertiary/aromatic N) is 1. The third-order valence-electron chi connectivity index (χ3n) is 4.39. The number of hydrogen-bond acceptors (Lipinski definition) is 3. The number of carboxylic acid groups (broad SMARTS) is 1. The first-order chi connectivity index (χ1) is 13.0. The molecule has 2 rings (SSSR count). The first-order valence-corrected chi connectivity index (χ1v) is 9.45. The number of para-hydroxylation sites is 1. The highest BCUT2D eigenvalue weighted by Gasteiger charge is 2.32. The smallest absolute Gasteiger partial charge is 0.415 e. The van der Waals surface area contributed by atoms with Crippen molar-refractivity contribution in [3.05, 3.63) is 54.1 Å². The summed E-state index contributed by atoms with van der Waals surface area (Å²) >= 11 is 0. The Bertz CT molecular complexity index is 834. The fraction of sp³-hybridized carbons (Fsp3) is 0.391. The summed E-state index contributed by atoms with van der Waals surface area (Å²) in [7, 11) is 0. The first-order valence-electron chi connectivity index (χ1n) is 9.45. The monoisotopic (exact) mass is 383 g/mol. The zero-order valence-electron chi connectivity index (χ0n) is 17.4. The van der Waals surface area contributed by atoms with Crippen molar-refractivity contribution in [2.24, 2.45) is 0 Å². The van der Waals surface area contributed by atoms with Crippen molar-refractivity contribution >= 4 is 17.7 Å².